The van der Waals surface area contributed by atoms with Crippen LogP contribution in [0.2, 0.25) is 5.02 Å². The molecule has 1 aliphatic rings. The van der Waals surface area contributed by atoms with E-state index in [0.29, 0.717) is 18.2 Å². The van der Waals surface area contributed by atoms with Crippen molar-refractivity contribution in [1.82, 2.24) is 4.31 Å². The van der Waals surface area contributed by atoms with Crippen LogP contribution in [0, 0.1) is 0 Å². The first-order valence-electron chi connectivity index (χ1n) is 6.60. The lowest BCUT2D eigenvalue weighted by Gasteiger charge is -2.28. The SMILES string of the molecule is COCCN(C1CCSC1)S(=O)(=O)c1cc(Cl)ccc1N. The lowest BCUT2D eigenvalue weighted by atomic mass is 10.3. The van der Waals surface area contributed by atoms with E-state index in [-0.39, 0.29) is 16.6 Å². The third kappa shape index (κ3) is 3.84. The second kappa shape index (κ2) is 7.19. The van der Waals surface area contributed by atoms with Gasteiger partial charge in [-0.15, -0.1) is 0 Å². The van der Waals surface area contributed by atoms with E-state index in [1.54, 1.807) is 24.9 Å². The molecule has 2 rings (SSSR count). The number of rotatable bonds is 6. The van der Waals surface area contributed by atoms with Gasteiger partial charge in [-0.1, -0.05) is 11.6 Å². The lowest BCUT2D eigenvalue weighted by Crippen LogP contribution is -2.42. The van der Waals surface area contributed by atoms with Crippen LogP contribution in [0.3, 0.4) is 0 Å². The number of hydrogen-bond acceptors (Lipinski definition) is 5. The quantitative estimate of drug-likeness (QED) is 0.795. The molecule has 0 aromatic heterocycles. The molecule has 2 N–H and O–H groups in total. The smallest absolute Gasteiger partial charge is 0.245 e. The van der Waals surface area contributed by atoms with Crippen LogP contribution in [-0.2, 0) is 14.8 Å². The average molecular weight is 351 g/mol. The predicted molar refractivity (Wildman–Crippen MR) is 87.4 cm³/mol. The van der Waals surface area contributed by atoms with Crippen molar-refractivity contribution in [3.8, 4) is 0 Å². The van der Waals surface area contributed by atoms with Crippen molar-refractivity contribution in [3.63, 3.8) is 0 Å². The maximum Gasteiger partial charge on any atom is 0.245 e. The molecule has 1 saturated heterocycles. The van der Waals surface area contributed by atoms with Gasteiger partial charge in [-0.25, -0.2) is 8.42 Å². The number of anilines is 1. The highest BCUT2D eigenvalue weighted by atomic mass is 35.5. The zero-order valence-electron chi connectivity index (χ0n) is 11.8. The molecule has 8 heteroatoms. The number of nitrogens with two attached hydrogens (primary N) is 1. The molecule has 1 aliphatic heterocycles. The van der Waals surface area contributed by atoms with Gasteiger partial charge in [0.1, 0.15) is 4.90 Å². The number of nitrogens with zero attached hydrogens (tertiary/aromatic N) is 1. The molecular formula is C13H19ClN2O3S2. The van der Waals surface area contributed by atoms with Gasteiger partial charge < -0.3 is 10.5 Å². The Morgan fingerprint density at radius 2 is 2.29 bits per heavy atom. The fourth-order valence-electron chi connectivity index (χ4n) is 2.29. The summed E-state index contributed by atoms with van der Waals surface area (Å²) in [5, 5.41) is 0.357. The third-order valence-electron chi connectivity index (χ3n) is 3.39. The molecule has 1 heterocycles. The Morgan fingerprint density at radius 1 is 1.52 bits per heavy atom. The van der Waals surface area contributed by atoms with Gasteiger partial charge in [-0.05, 0) is 30.4 Å². The molecule has 1 fully saturated rings. The van der Waals surface area contributed by atoms with E-state index < -0.39 is 10.0 Å². The van der Waals surface area contributed by atoms with Gasteiger partial charge in [0.15, 0.2) is 0 Å². The van der Waals surface area contributed by atoms with Crippen LogP contribution >= 0.6 is 23.4 Å². The van der Waals surface area contributed by atoms with Gasteiger partial charge in [-0.3, -0.25) is 0 Å². The molecule has 1 unspecified atom stereocenters. The zero-order valence-corrected chi connectivity index (χ0v) is 14.2. The summed E-state index contributed by atoms with van der Waals surface area (Å²) in [6.45, 7) is 0.664. The van der Waals surface area contributed by atoms with Crippen LogP contribution in [-0.4, -0.2) is 50.5 Å². The minimum absolute atomic E-state index is 0.0199. The Morgan fingerprint density at radius 3 is 2.90 bits per heavy atom. The molecule has 1 atom stereocenters. The van der Waals surface area contributed by atoms with Crippen molar-refractivity contribution < 1.29 is 13.2 Å². The van der Waals surface area contributed by atoms with E-state index in [0.717, 1.165) is 17.9 Å². The molecule has 5 nitrogen and oxygen atoms in total. The molecule has 0 bridgehead atoms. The zero-order chi connectivity index (χ0) is 15.5. The molecule has 1 aromatic carbocycles. The summed E-state index contributed by atoms with van der Waals surface area (Å²) in [7, 11) is -2.12. The van der Waals surface area contributed by atoms with E-state index in [9.17, 15) is 8.42 Å². The van der Waals surface area contributed by atoms with Crippen molar-refractivity contribution in [1.29, 1.82) is 0 Å². The maximum absolute atomic E-state index is 12.9. The van der Waals surface area contributed by atoms with Crippen molar-refractivity contribution in [2.75, 3.05) is 37.5 Å². The Kier molecular flexibility index (Phi) is 5.79. The van der Waals surface area contributed by atoms with E-state index in [2.05, 4.69) is 0 Å². The first-order chi connectivity index (χ1) is 9.96. The van der Waals surface area contributed by atoms with Crippen molar-refractivity contribution in [2.24, 2.45) is 0 Å². The molecule has 0 aliphatic carbocycles. The van der Waals surface area contributed by atoms with Crippen LogP contribution in [0.1, 0.15) is 6.42 Å². The van der Waals surface area contributed by atoms with E-state index in [4.69, 9.17) is 22.1 Å². The van der Waals surface area contributed by atoms with Crippen LogP contribution in [0.5, 0.6) is 0 Å². The van der Waals surface area contributed by atoms with Gasteiger partial charge in [0, 0.05) is 30.5 Å². The normalized spacial score (nSPS) is 19.3. The van der Waals surface area contributed by atoms with E-state index >= 15 is 0 Å². The molecular weight excluding hydrogens is 332 g/mol. The molecule has 0 amide bonds. The highest BCUT2D eigenvalue weighted by Gasteiger charge is 2.34. The Hall–Kier alpha value is -0.470. The summed E-state index contributed by atoms with van der Waals surface area (Å²) in [6, 6.07) is 4.50. The highest BCUT2D eigenvalue weighted by molar-refractivity contribution is 7.99. The standard InChI is InChI=1S/C13H19ClN2O3S2/c1-19-6-5-16(11-4-7-20-9-11)21(17,18)13-8-10(14)2-3-12(13)15/h2-3,8,11H,4-7,9,15H2,1H3. The van der Waals surface area contributed by atoms with E-state index in [1.165, 1.54) is 16.4 Å². The average Bonchev–Trinajstić information content (AvgIpc) is 2.95. The van der Waals surface area contributed by atoms with Gasteiger partial charge in [-0.2, -0.15) is 16.1 Å². The van der Waals surface area contributed by atoms with Gasteiger partial charge in [0.25, 0.3) is 0 Å². The largest absolute Gasteiger partial charge is 0.398 e. The predicted octanol–water partition coefficient (Wildman–Crippen LogP) is 2.06. The number of benzene rings is 1. The molecule has 1 aromatic rings. The number of ether oxygens (including phenoxy) is 1. The summed E-state index contributed by atoms with van der Waals surface area (Å²) in [5.41, 5.74) is 6.06. The second-order valence-corrected chi connectivity index (χ2v) is 8.25. The van der Waals surface area contributed by atoms with Crippen LogP contribution < -0.4 is 5.73 Å². The topological polar surface area (TPSA) is 72.6 Å². The number of thioether (sulfide) groups is 1. The Balaban J connectivity index is 2.38. The summed E-state index contributed by atoms with van der Waals surface area (Å²) >= 11 is 7.68. The fourth-order valence-corrected chi connectivity index (χ4v) is 5.62. The number of methoxy groups -OCH3 is 1. The Labute approximate surface area is 134 Å². The summed E-state index contributed by atoms with van der Waals surface area (Å²) in [4.78, 5) is 0.0722. The summed E-state index contributed by atoms with van der Waals surface area (Å²) < 4.78 is 32.4. The van der Waals surface area contributed by atoms with Crippen molar-refractivity contribution in [3.05, 3.63) is 23.2 Å². The monoisotopic (exact) mass is 350 g/mol. The first-order valence-corrected chi connectivity index (χ1v) is 9.57. The minimum atomic E-state index is -3.68. The number of nitrogen functional groups attached to an aromatic ring is 1. The van der Waals surface area contributed by atoms with Crippen molar-refractivity contribution >= 4 is 39.1 Å². The summed E-state index contributed by atoms with van der Waals surface area (Å²) in [5.74, 6) is 1.76. The Bertz CT molecular complexity index is 589. The third-order valence-corrected chi connectivity index (χ3v) is 6.78. The molecule has 0 spiro atoms. The van der Waals surface area contributed by atoms with Gasteiger partial charge >= 0.3 is 0 Å². The minimum Gasteiger partial charge on any atom is -0.398 e. The molecule has 0 saturated carbocycles. The molecule has 0 radical (unpaired) electrons. The number of halogens is 1. The lowest BCUT2D eigenvalue weighted by molar-refractivity contribution is 0.169. The van der Waals surface area contributed by atoms with Crippen molar-refractivity contribution in [2.45, 2.75) is 17.4 Å². The summed E-state index contributed by atoms with van der Waals surface area (Å²) in [6.07, 6.45) is 0.841. The molecule has 21 heavy (non-hydrogen) atoms. The fraction of sp³-hybridized carbons (Fsp3) is 0.538. The first kappa shape index (κ1) is 16.9. The van der Waals surface area contributed by atoms with Crippen LogP contribution in [0.25, 0.3) is 0 Å². The number of sulfonamides is 1. The van der Waals surface area contributed by atoms with Gasteiger partial charge in [0.05, 0.1) is 12.3 Å². The number of hydrogen-bond donors (Lipinski definition) is 1. The van der Waals surface area contributed by atoms with E-state index in [1.807, 2.05) is 0 Å². The second-order valence-electron chi connectivity index (χ2n) is 4.81. The molecule has 118 valence electrons. The maximum atomic E-state index is 12.9. The van der Waals surface area contributed by atoms with Crippen LogP contribution in [0.15, 0.2) is 23.1 Å². The van der Waals surface area contributed by atoms with Crippen LogP contribution in [0.4, 0.5) is 5.69 Å². The highest BCUT2D eigenvalue weighted by Crippen LogP contribution is 2.31. The van der Waals surface area contributed by atoms with Gasteiger partial charge in [0.2, 0.25) is 10.0 Å².